The summed E-state index contributed by atoms with van der Waals surface area (Å²) in [7, 11) is 1.78. The number of alkyl halides is 3. The molecule has 0 aromatic carbocycles. The molecule has 3 rings (SSSR count). The summed E-state index contributed by atoms with van der Waals surface area (Å²) >= 11 is 0. The van der Waals surface area contributed by atoms with Crippen LogP contribution in [-0.4, -0.2) is 19.9 Å². The van der Waals surface area contributed by atoms with E-state index in [1.165, 1.54) is 18.2 Å². The molecular weight excluding hydrogens is 307 g/mol. The first kappa shape index (κ1) is 15.8. The van der Waals surface area contributed by atoms with E-state index in [9.17, 15) is 18.3 Å². The molecule has 2 aromatic rings. The fourth-order valence-electron chi connectivity index (χ4n) is 2.99. The number of halogens is 3. The molecular formula is C16H17F3N3O. The Labute approximate surface area is 132 Å². The molecule has 4 nitrogen and oxygen atoms in total. The number of aryl methyl sites for hydroxylation is 1. The van der Waals surface area contributed by atoms with E-state index < -0.39 is 17.6 Å². The molecule has 0 saturated heterocycles. The molecule has 1 aliphatic carbocycles. The molecule has 0 aliphatic heterocycles. The van der Waals surface area contributed by atoms with E-state index in [0.717, 1.165) is 37.4 Å². The summed E-state index contributed by atoms with van der Waals surface area (Å²) in [5, 5.41) is 13.6. The van der Waals surface area contributed by atoms with Crippen molar-refractivity contribution in [1.82, 2.24) is 14.8 Å². The van der Waals surface area contributed by atoms with Gasteiger partial charge in [-0.2, -0.15) is 18.3 Å². The van der Waals surface area contributed by atoms with Crippen LogP contribution in [-0.2, 0) is 19.6 Å². The summed E-state index contributed by atoms with van der Waals surface area (Å²) in [6.45, 7) is 0. The molecule has 1 N–H and O–H groups in total. The quantitative estimate of drug-likeness (QED) is 0.931. The number of rotatable bonds is 3. The minimum Gasteiger partial charge on any atom is -0.506 e. The molecule has 1 saturated carbocycles. The number of aromatic nitrogens is 3. The van der Waals surface area contributed by atoms with Crippen molar-refractivity contribution >= 4 is 0 Å². The summed E-state index contributed by atoms with van der Waals surface area (Å²) in [5.41, 5.74) is 0.348. The standard InChI is InChI=1S/C16H17F3N3O/c1-22-13(8-10-4-2-3-5-10)11(9-20-22)12-6-7-14(23)15(21-12)16(17,18)19/h6-7,9,23H,2-5,8H2,1H3. The predicted octanol–water partition coefficient (Wildman–Crippen LogP) is 3.90. The minimum absolute atomic E-state index is 0.178. The second-order valence-corrected chi connectivity index (χ2v) is 5.82. The number of pyridine rings is 1. The first-order valence-electron chi connectivity index (χ1n) is 7.48. The molecule has 2 heterocycles. The van der Waals surface area contributed by atoms with E-state index in [1.807, 2.05) is 0 Å². The van der Waals surface area contributed by atoms with Gasteiger partial charge in [-0.25, -0.2) is 4.98 Å². The highest BCUT2D eigenvalue weighted by molar-refractivity contribution is 5.63. The minimum atomic E-state index is -4.69. The van der Waals surface area contributed by atoms with Crippen molar-refractivity contribution in [2.75, 3.05) is 0 Å². The van der Waals surface area contributed by atoms with Crippen LogP contribution in [0.3, 0.4) is 0 Å². The second kappa shape index (κ2) is 5.86. The summed E-state index contributed by atoms with van der Waals surface area (Å²) < 4.78 is 40.5. The molecule has 0 spiro atoms. The van der Waals surface area contributed by atoms with Gasteiger partial charge >= 0.3 is 6.18 Å². The van der Waals surface area contributed by atoms with Crippen molar-refractivity contribution in [3.8, 4) is 17.0 Å². The van der Waals surface area contributed by atoms with Crippen molar-refractivity contribution in [2.45, 2.75) is 38.3 Å². The third kappa shape index (κ3) is 3.18. The van der Waals surface area contributed by atoms with Crippen LogP contribution >= 0.6 is 0 Å². The highest BCUT2D eigenvalue weighted by atomic mass is 19.4. The summed E-state index contributed by atoms with van der Waals surface area (Å²) in [5.74, 6) is 0.529. The molecule has 23 heavy (non-hydrogen) atoms. The number of nitrogens with zero attached hydrogens (tertiary/aromatic N) is 3. The molecule has 0 unspecified atom stereocenters. The molecule has 0 amide bonds. The Morgan fingerprint density at radius 3 is 2.57 bits per heavy atom. The Bertz CT molecular complexity index is 703. The van der Waals surface area contributed by atoms with E-state index in [0.29, 0.717) is 12.0 Å². The summed E-state index contributed by atoms with van der Waals surface area (Å²) in [6.07, 6.45) is 1.99. The van der Waals surface area contributed by atoms with Gasteiger partial charge in [-0.15, -0.1) is 0 Å². The maximum atomic E-state index is 12.9. The zero-order chi connectivity index (χ0) is 16.6. The Kier molecular flexibility index (Phi) is 4.04. The molecule has 1 radical (unpaired) electrons. The molecule has 0 bridgehead atoms. The third-order valence-corrected chi connectivity index (χ3v) is 4.21. The van der Waals surface area contributed by atoms with Crippen LogP contribution in [0.5, 0.6) is 5.75 Å². The van der Waals surface area contributed by atoms with Crippen molar-refractivity contribution in [3.05, 3.63) is 35.6 Å². The van der Waals surface area contributed by atoms with E-state index in [4.69, 9.17) is 0 Å². The fourth-order valence-corrected chi connectivity index (χ4v) is 2.99. The largest absolute Gasteiger partial charge is 0.506 e. The Balaban J connectivity index is 1.99. The second-order valence-electron chi connectivity index (χ2n) is 5.82. The fraction of sp³-hybridized carbons (Fsp3) is 0.438. The number of aromatic hydroxyl groups is 1. The van der Waals surface area contributed by atoms with Gasteiger partial charge in [0.1, 0.15) is 5.75 Å². The lowest BCUT2D eigenvalue weighted by Gasteiger charge is -2.13. The summed E-state index contributed by atoms with van der Waals surface area (Å²) in [4.78, 5) is 3.62. The lowest BCUT2D eigenvalue weighted by molar-refractivity contribution is -0.142. The monoisotopic (exact) mass is 324 g/mol. The van der Waals surface area contributed by atoms with Gasteiger partial charge in [0.25, 0.3) is 0 Å². The van der Waals surface area contributed by atoms with Gasteiger partial charge in [0.05, 0.1) is 11.9 Å². The maximum absolute atomic E-state index is 12.9. The SMILES string of the molecule is Cn1ncc(-c2ccc(O)c(C(F)(F)F)n2)c1C[C]1CCCC1. The van der Waals surface area contributed by atoms with E-state index in [2.05, 4.69) is 10.1 Å². The third-order valence-electron chi connectivity index (χ3n) is 4.21. The Morgan fingerprint density at radius 2 is 1.91 bits per heavy atom. The van der Waals surface area contributed by atoms with Gasteiger partial charge in [-0.3, -0.25) is 4.68 Å². The van der Waals surface area contributed by atoms with Crippen LogP contribution in [0.1, 0.15) is 37.1 Å². The molecule has 1 aliphatic rings. The van der Waals surface area contributed by atoms with Crippen molar-refractivity contribution in [1.29, 1.82) is 0 Å². The predicted molar refractivity (Wildman–Crippen MR) is 78.5 cm³/mol. The van der Waals surface area contributed by atoms with Gasteiger partial charge in [0.2, 0.25) is 0 Å². The molecule has 7 heteroatoms. The van der Waals surface area contributed by atoms with Crippen LogP contribution in [0.15, 0.2) is 18.3 Å². The Hall–Kier alpha value is -2.05. The average Bonchev–Trinajstić information content (AvgIpc) is 3.10. The van der Waals surface area contributed by atoms with Crippen molar-refractivity contribution in [3.63, 3.8) is 0 Å². The highest BCUT2D eigenvalue weighted by Gasteiger charge is 2.36. The normalized spacial score (nSPS) is 16.2. The number of hydrogen-bond donors (Lipinski definition) is 1. The van der Waals surface area contributed by atoms with E-state index >= 15 is 0 Å². The zero-order valence-corrected chi connectivity index (χ0v) is 12.7. The smallest absolute Gasteiger partial charge is 0.437 e. The zero-order valence-electron chi connectivity index (χ0n) is 12.7. The lowest BCUT2D eigenvalue weighted by Crippen LogP contribution is -2.09. The van der Waals surface area contributed by atoms with Crippen LogP contribution in [0.4, 0.5) is 13.2 Å². The maximum Gasteiger partial charge on any atom is 0.437 e. The van der Waals surface area contributed by atoms with Gasteiger partial charge in [0, 0.05) is 18.3 Å². The molecule has 0 atom stereocenters. The first-order chi connectivity index (χ1) is 10.9. The van der Waals surface area contributed by atoms with Crippen LogP contribution in [0.2, 0.25) is 0 Å². The van der Waals surface area contributed by atoms with Gasteiger partial charge in [0.15, 0.2) is 5.69 Å². The highest BCUT2D eigenvalue weighted by Crippen LogP contribution is 2.37. The molecule has 1 fully saturated rings. The first-order valence-corrected chi connectivity index (χ1v) is 7.48. The van der Waals surface area contributed by atoms with Crippen molar-refractivity contribution < 1.29 is 18.3 Å². The number of hydrogen-bond acceptors (Lipinski definition) is 3. The van der Waals surface area contributed by atoms with Gasteiger partial charge in [-0.1, -0.05) is 12.8 Å². The van der Waals surface area contributed by atoms with E-state index in [-0.39, 0.29) is 5.69 Å². The van der Waals surface area contributed by atoms with Gasteiger partial charge in [-0.05, 0) is 37.3 Å². The lowest BCUT2D eigenvalue weighted by atomic mass is 9.98. The van der Waals surface area contributed by atoms with Crippen molar-refractivity contribution in [2.24, 2.45) is 7.05 Å². The van der Waals surface area contributed by atoms with Crippen LogP contribution in [0.25, 0.3) is 11.3 Å². The summed E-state index contributed by atoms with van der Waals surface area (Å²) in [6, 6.07) is 2.43. The van der Waals surface area contributed by atoms with Crippen LogP contribution < -0.4 is 0 Å². The average molecular weight is 324 g/mol. The van der Waals surface area contributed by atoms with Gasteiger partial charge < -0.3 is 5.11 Å². The Morgan fingerprint density at radius 1 is 1.22 bits per heavy atom. The van der Waals surface area contributed by atoms with Crippen LogP contribution in [0, 0.1) is 5.92 Å². The van der Waals surface area contributed by atoms with E-state index in [1.54, 1.807) is 11.7 Å². The topological polar surface area (TPSA) is 50.9 Å². The molecule has 2 aromatic heterocycles. The molecule has 123 valence electrons.